The van der Waals surface area contributed by atoms with E-state index in [2.05, 4.69) is 36.3 Å². The molecule has 0 aliphatic heterocycles. The van der Waals surface area contributed by atoms with E-state index < -0.39 is 0 Å². The van der Waals surface area contributed by atoms with Crippen LogP contribution in [0.25, 0.3) is 0 Å². The van der Waals surface area contributed by atoms with Crippen molar-refractivity contribution >= 4 is 11.3 Å². The summed E-state index contributed by atoms with van der Waals surface area (Å²) < 4.78 is 0. The molecule has 0 unspecified atom stereocenters. The van der Waals surface area contributed by atoms with Gasteiger partial charge in [-0.15, -0.1) is 11.3 Å². The van der Waals surface area contributed by atoms with Gasteiger partial charge in [0.25, 0.3) is 0 Å². The number of nitrogens with two attached hydrogens (primary N) is 1. The average Bonchev–Trinajstić information content (AvgIpc) is 2.84. The van der Waals surface area contributed by atoms with E-state index >= 15 is 0 Å². The summed E-state index contributed by atoms with van der Waals surface area (Å²) in [6, 6.07) is 4.96. The van der Waals surface area contributed by atoms with E-state index in [9.17, 15) is 0 Å². The highest BCUT2D eigenvalue weighted by molar-refractivity contribution is 7.09. The Morgan fingerprint density at radius 2 is 2.25 bits per heavy atom. The lowest BCUT2D eigenvalue weighted by Gasteiger charge is -2.30. The van der Waals surface area contributed by atoms with Gasteiger partial charge in [0.05, 0.1) is 0 Å². The van der Waals surface area contributed by atoms with Gasteiger partial charge in [-0.2, -0.15) is 0 Å². The van der Waals surface area contributed by atoms with Gasteiger partial charge in [-0.1, -0.05) is 6.07 Å². The van der Waals surface area contributed by atoms with E-state index in [1.54, 1.807) is 0 Å². The third-order valence-corrected chi connectivity index (χ3v) is 4.46. The fraction of sp³-hybridized carbons (Fsp3) is 0.692. The van der Waals surface area contributed by atoms with Crippen LogP contribution in [0.2, 0.25) is 0 Å². The molecular formula is C13H22N2S. The molecule has 2 rings (SSSR count). The molecule has 1 aliphatic carbocycles. The molecule has 2 N–H and O–H groups in total. The van der Waals surface area contributed by atoms with Crippen LogP contribution < -0.4 is 5.73 Å². The smallest absolute Gasteiger partial charge is 0.0330 e. The van der Waals surface area contributed by atoms with Gasteiger partial charge in [-0.25, -0.2) is 0 Å². The van der Waals surface area contributed by atoms with Crippen molar-refractivity contribution in [3.05, 3.63) is 22.4 Å². The monoisotopic (exact) mass is 238 g/mol. The Kier molecular flexibility index (Phi) is 3.67. The minimum atomic E-state index is 0.446. The molecule has 1 fully saturated rings. The van der Waals surface area contributed by atoms with Gasteiger partial charge in [-0.05, 0) is 50.1 Å². The van der Waals surface area contributed by atoms with Crippen LogP contribution in [0.3, 0.4) is 0 Å². The van der Waals surface area contributed by atoms with E-state index in [0.29, 0.717) is 11.5 Å². The molecule has 0 saturated heterocycles. The summed E-state index contributed by atoms with van der Waals surface area (Å²) in [6.45, 7) is 7.65. The minimum Gasteiger partial charge on any atom is -0.330 e. The molecule has 90 valence electrons. The first kappa shape index (κ1) is 12.1. The summed E-state index contributed by atoms with van der Waals surface area (Å²) in [4.78, 5) is 4.02. The number of hydrogen-bond donors (Lipinski definition) is 1. The Hall–Kier alpha value is -0.380. The number of thiophene rings is 1. The summed E-state index contributed by atoms with van der Waals surface area (Å²) in [5, 5.41) is 2.16. The van der Waals surface area contributed by atoms with Crippen LogP contribution in [0.1, 0.15) is 31.6 Å². The summed E-state index contributed by atoms with van der Waals surface area (Å²) >= 11 is 1.85. The molecule has 16 heavy (non-hydrogen) atoms. The predicted octanol–water partition coefficient (Wildman–Crippen LogP) is 2.70. The molecule has 1 aromatic rings. The van der Waals surface area contributed by atoms with Gasteiger partial charge in [-0.3, -0.25) is 4.90 Å². The van der Waals surface area contributed by atoms with E-state index in [1.165, 1.54) is 24.3 Å². The summed E-state index contributed by atoms with van der Waals surface area (Å²) in [6.07, 6.45) is 2.63. The van der Waals surface area contributed by atoms with Crippen LogP contribution >= 0.6 is 11.3 Å². The summed E-state index contributed by atoms with van der Waals surface area (Å²) in [7, 11) is 0. The third kappa shape index (κ3) is 2.84. The van der Waals surface area contributed by atoms with Gasteiger partial charge in [0.15, 0.2) is 0 Å². The number of rotatable bonds is 6. The van der Waals surface area contributed by atoms with Crippen LogP contribution in [-0.4, -0.2) is 24.0 Å². The Bertz CT molecular complexity index is 315. The highest BCUT2D eigenvalue weighted by Crippen LogP contribution is 2.45. The van der Waals surface area contributed by atoms with Crippen LogP contribution in [0.15, 0.2) is 17.5 Å². The Morgan fingerprint density at radius 1 is 1.50 bits per heavy atom. The van der Waals surface area contributed by atoms with Crippen molar-refractivity contribution in [1.82, 2.24) is 4.90 Å². The van der Waals surface area contributed by atoms with Crippen LogP contribution in [0.5, 0.6) is 0 Å². The first-order valence-electron chi connectivity index (χ1n) is 6.12. The van der Waals surface area contributed by atoms with Gasteiger partial charge in [0.1, 0.15) is 0 Å². The fourth-order valence-electron chi connectivity index (χ4n) is 2.06. The number of hydrogen-bond acceptors (Lipinski definition) is 3. The Balaban J connectivity index is 1.95. The fourth-order valence-corrected chi connectivity index (χ4v) is 2.79. The second-order valence-electron chi connectivity index (χ2n) is 5.28. The van der Waals surface area contributed by atoms with Crippen molar-refractivity contribution in [3.63, 3.8) is 0 Å². The Labute approximate surface area is 102 Å². The SMILES string of the molecule is CC(C)N(Cc1cccs1)CC1(CN)CC1. The van der Waals surface area contributed by atoms with Crippen molar-refractivity contribution in [1.29, 1.82) is 0 Å². The second-order valence-corrected chi connectivity index (χ2v) is 6.31. The molecule has 0 amide bonds. The van der Waals surface area contributed by atoms with Gasteiger partial charge in [0.2, 0.25) is 0 Å². The average molecular weight is 238 g/mol. The largest absolute Gasteiger partial charge is 0.330 e. The second kappa shape index (κ2) is 4.86. The number of nitrogens with zero attached hydrogens (tertiary/aromatic N) is 1. The first-order valence-corrected chi connectivity index (χ1v) is 7.00. The molecular weight excluding hydrogens is 216 g/mol. The molecule has 1 aliphatic rings. The Morgan fingerprint density at radius 3 is 2.69 bits per heavy atom. The maximum absolute atomic E-state index is 5.87. The summed E-state index contributed by atoms with van der Waals surface area (Å²) in [5.41, 5.74) is 6.31. The molecule has 0 aromatic carbocycles. The van der Waals surface area contributed by atoms with E-state index in [0.717, 1.165) is 13.1 Å². The quantitative estimate of drug-likeness (QED) is 0.825. The van der Waals surface area contributed by atoms with Crippen molar-refractivity contribution in [2.45, 2.75) is 39.3 Å². The molecule has 1 saturated carbocycles. The lowest BCUT2D eigenvalue weighted by Crippen LogP contribution is -2.38. The van der Waals surface area contributed by atoms with Crippen molar-refractivity contribution in [2.75, 3.05) is 13.1 Å². The zero-order valence-electron chi connectivity index (χ0n) is 10.3. The van der Waals surface area contributed by atoms with Gasteiger partial charge < -0.3 is 5.73 Å². The predicted molar refractivity (Wildman–Crippen MR) is 70.6 cm³/mol. The summed E-state index contributed by atoms with van der Waals surface area (Å²) in [5.74, 6) is 0. The molecule has 0 radical (unpaired) electrons. The van der Waals surface area contributed by atoms with Crippen LogP contribution in [0.4, 0.5) is 0 Å². The van der Waals surface area contributed by atoms with Crippen molar-refractivity contribution < 1.29 is 0 Å². The topological polar surface area (TPSA) is 29.3 Å². The van der Waals surface area contributed by atoms with Gasteiger partial charge in [0, 0.05) is 24.0 Å². The highest BCUT2D eigenvalue weighted by Gasteiger charge is 2.42. The third-order valence-electron chi connectivity index (χ3n) is 3.60. The zero-order chi connectivity index (χ0) is 11.6. The highest BCUT2D eigenvalue weighted by atomic mass is 32.1. The molecule has 0 spiro atoms. The molecule has 0 bridgehead atoms. The molecule has 1 aromatic heterocycles. The zero-order valence-corrected chi connectivity index (χ0v) is 11.1. The van der Waals surface area contributed by atoms with Gasteiger partial charge >= 0.3 is 0 Å². The van der Waals surface area contributed by atoms with Crippen molar-refractivity contribution in [2.24, 2.45) is 11.1 Å². The molecule has 1 heterocycles. The van der Waals surface area contributed by atoms with Crippen molar-refractivity contribution in [3.8, 4) is 0 Å². The maximum Gasteiger partial charge on any atom is 0.0330 e. The van der Waals surface area contributed by atoms with E-state index in [1.807, 2.05) is 11.3 Å². The van der Waals surface area contributed by atoms with Crippen LogP contribution in [0, 0.1) is 5.41 Å². The van der Waals surface area contributed by atoms with E-state index in [4.69, 9.17) is 5.73 Å². The molecule has 2 nitrogen and oxygen atoms in total. The lowest BCUT2D eigenvalue weighted by molar-refractivity contribution is 0.173. The standard InChI is InChI=1S/C13H22N2S/c1-11(2)15(8-12-4-3-7-16-12)10-13(9-14)5-6-13/h3-4,7,11H,5-6,8-10,14H2,1-2H3. The van der Waals surface area contributed by atoms with Crippen LogP contribution in [-0.2, 0) is 6.54 Å². The van der Waals surface area contributed by atoms with E-state index in [-0.39, 0.29) is 0 Å². The first-order chi connectivity index (χ1) is 7.65. The maximum atomic E-state index is 5.87. The lowest BCUT2D eigenvalue weighted by atomic mass is 10.1. The molecule has 3 heteroatoms. The molecule has 0 atom stereocenters. The normalized spacial score (nSPS) is 18.3. The minimum absolute atomic E-state index is 0.446.